The van der Waals surface area contributed by atoms with Gasteiger partial charge in [-0.15, -0.1) is 11.3 Å². The van der Waals surface area contributed by atoms with Crippen LogP contribution in [0.15, 0.2) is 63.9 Å². The Morgan fingerprint density at radius 1 is 1.09 bits per heavy atom. The number of aryl methyl sites for hydroxylation is 2. The van der Waals surface area contributed by atoms with E-state index in [-0.39, 0.29) is 11.5 Å². The van der Waals surface area contributed by atoms with E-state index in [1.165, 1.54) is 23.1 Å². The molecule has 4 rings (SSSR count). The number of thioether (sulfide) groups is 1. The fourth-order valence-electron chi connectivity index (χ4n) is 3.66. The molecule has 32 heavy (non-hydrogen) atoms. The fraction of sp³-hybridized carbons (Fsp3) is 0.240. The van der Waals surface area contributed by atoms with Crippen LogP contribution in [-0.4, -0.2) is 21.1 Å². The van der Waals surface area contributed by atoms with Crippen molar-refractivity contribution in [3.05, 3.63) is 75.4 Å². The Kier molecular flexibility index (Phi) is 6.77. The van der Waals surface area contributed by atoms with Gasteiger partial charge in [-0.1, -0.05) is 74.1 Å². The van der Waals surface area contributed by atoms with E-state index >= 15 is 0 Å². The van der Waals surface area contributed by atoms with Crippen molar-refractivity contribution in [3.63, 3.8) is 0 Å². The number of hydrogen-bond donors (Lipinski definition) is 2. The number of rotatable bonds is 7. The second-order valence-corrected chi connectivity index (χ2v) is 9.66. The van der Waals surface area contributed by atoms with E-state index in [0.29, 0.717) is 15.4 Å². The standard InChI is InChI=1S/C25H25N3O2S2/c1-4-16-12-9-13-17(5-2)21(16)26-22(29)15(3)32-25-27-23(30)20-19(14-31-24(20)28-25)18-10-7-6-8-11-18/h6-15H,4-5H2,1-3H3,(H,26,29)(H,27,28,30). The van der Waals surface area contributed by atoms with Crippen molar-refractivity contribution in [1.82, 2.24) is 9.97 Å². The fourth-order valence-corrected chi connectivity index (χ4v) is 5.47. The van der Waals surface area contributed by atoms with E-state index in [9.17, 15) is 9.59 Å². The number of carbonyl (C=O) groups excluding carboxylic acids is 1. The number of anilines is 1. The van der Waals surface area contributed by atoms with Crippen molar-refractivity contribution in [2.45, 2.75) is 44.0 Å². The lowest BCUT2D eigenvalue weighted by molar-refractivity contribution is -0.115. The van der Waals surface area contributed by atoms with Crippen molar-refractivity contribution >= 4 is 44.9 Å². The van der Waals surface area contributed by atoms with E-state index in [0.717, 1.165) is 40.8 Å². The van der Waals surface area contributed by atoms with Crippen molar-refractivity contribution < 1.29 is 4.79 Å². The van der Waals surface area contributed by atoms with E-state index in [4.69, 9.17) is 0 Å². The van der Waals surface area contributed by atoms with Gasteiger partial charge in [0.1, 0.15) is 4.83 Å². The molecule has 0 saturated heterocycles. The molecule has 1 unspecified atom stereocenters. The summed E-state index contributed by atoms with van der Waals surface area (Å²) in [4.78, 5) is 34.0. The van der Waals surface area contributed by atoms with Crippen LogP contribution in [0, 0.1) is 0 Å². The number of H-pyrrole nitrogens is 1. The zero-order chi connectivity index (χ0) is 22.7. The first-order valence-corrected chi connectivity index (χ1v) is 12.4. The molecule has 0 aliphatic carbocycles. The monoisotopic (exact) mass is 463 g/mol. The Bertz CT molecular complexity index is 1290. The predicted molar refractivity (Wildman–Crippen MR) is 135 cm³/mol. The first-order valence-electron chi connectivity index (χ1n) is 10.7. The number of nitrogens with one attached hydrogen (secondary N) is 2. The molecule has 5 nitrogen and oxygen atoms in total. The van der Waals surface area contributed by atoms with Gasteiger partial charge in [-0.2, -0.15) is 0 Å². The lowest BCUT2D eigenvalue weighted by Gasteiger charge is -2.17. The van der Waals surface area contributed by atoms with Crippen LogP contribution in [-0.2, 0) is 17.6 Å². The minimum atomic E-state index is -0.418. The highest BCUT2D eigenvalue weighted by Crippen LogP contribution is 2.32. The molecule has 7 heteroatoms. The largest absolute Gasteiger partial charge is 0.325 e. The van der Waals surface area contributed by atoms with Crippen LogP contribution >= 0.6 is 23.1 Å². The van der Waals surface area contributed by atoms with Crippen molar-refractivity contribution in [3.8, 4) is 11.1 Å². The van der Waals surface area contributed by atoms with E-state index < -0.39 is 5.25 Å². The zero-order valence-corrected chi connectivity index (χ0v) is 19.9. The maximum Gasteiger partial charge on any atom is 0.260 e. The molecule has 4 aromatic rings. The normalized spacial score (nSPS) is 12.1. The highest BCUT2D eigenvalue weighted by molar-refractivity contribution is 8.00. The lowest BCUT2D eigenvalue weighted by Crippen LogP contribution is -2.24. The third-order valence-electron chi connectivity index (χ3n) is 5.41. The van der Waals surface area contributed by atoms with Gasteiger partial charge in [-0.3, -0.25) is 9.59 Å². The van der Waals surface area contributed by atoms with Crippen LogP contribution in [0.2, 0.25) is 0 Å². The summed E-state index contributed by atoms with van der Waals surface area (Å²) in [6.07, 6.45) is 1.69. The summed E-state index contributed by atoms with van der Waals surface area (Å²) < 4.78 is 0. The number of thiophene rings is 1. The first-order chi connectivity index (χ1) is 15.5. The first kappa shape index (κ1) is 22.3. The van der Waals surface area contributed by atoms with Gasteiger partial charge in [0.25, 0.3) is 5.56 Å². The van der Waals surface area contributed by atoms with E-state index in [2.05, 4.69) is 29.1 Å². The van der Waals surface area contributed by atoms with E-state index in [1.54, 1.807) is 0 Å². The predicted octanol–water partition coefficient (Wildman–Crippen LogP) is 5.90. The molecular formula is C25H25N3O2S2. The number of aromatic amines is 1. The van der Waals surface area contributed by atoms with Crippen LogP contribution in [0.1, 0.15) is 31.9 Å². The summed E-state index contributed by atoms with van der Waals surface area (Å²) in [7, 11) is 0. The minimum absolute atomic E-state index is 0.107. The number of para-hydroxylation sites is 1. The maximum absolute atomic E-state index is 12.9. The molecule has 1 atom stereocenters. The third-order valence-corrected chi connectivity index (χ3v) is 7.27. The molecule has 2 heterocycles. The molecule has 0 spiro atoms. The molecule has 164 valence electrons. The van der Waals surface area contributed by atoms with E-state index in [1.807, 2.05) is 60.8 Å². The van der Waals surface area contributed by atoms with Gasteiger partial charge in [-0.05, 0) is 36.5 Å². The van der Waals surface area contributed by atoms with Crippen LogP contribution in [0.3, 0.4) is 0 Å². The van der Waals surface area contributed by atoms with Gasteiger partial charge < -0.3 is 10.3 Å². The van der Waals surface area contributed by atoms with Gasteiger partial charge in [0.15, 0.2) is 5.16 Å². The summed E-state index contributed by atoms with van der Waals surface area (Å²) in [5, 5.41) is 5.68. The lowest BCUT2D eigenvalue weighted by atomic mass is 10.0. The molecule has 0 fully saturated rings. The Balaban J connectivity index is 1.56. The smallest absolute Gasteiger partial charge is 0.260 e. The summed E-state index contributed by atoms with van der Waals surface area (Å²) in [5.41, 5.74) is 4.82. The number of aromatic nitrogens is 2. The minimum Gasteiger partial charge on any atom is -0.325 e. The van der Waals surface area contributed by atoms with Crippen LogP contribution in [0.5, 0.6) is 0 Å². The van der Waals surface area contributed by atoms with Gasteiger partial charge in [-0.25, -0.2) is 4.98 Å². The molecule has 0 aliphatic rings. The average Bonchev–Trinajstić information content (AvgIpc) is 3.24. The summed E-state index contributed by atoms with van der Waals surface area (Å²) in [6.45, 7) is 5.99. The van der Waals surface area contributed by atoms with Gasteiger partial charge >= 0.3 is 0 Å². The number of amides is 1. The summed E-state index contributed by atoms with van der Waals surface area (Å²) >= 11 is 2.70. The average molecular weight is 464 g/mol. The number of hydrogen-bond acceptors (Lipinski definition) is 5. The molecule has 0 bridgehead atoms. The Morgan fingerprint density at radius 2 is 1.78 bits per heavy atom. The molecule has 0 radical (unpaired) electrons. The second kappa shape index (κ2) is 9.71. The van der Waals surface area contributed by atoms with Crippen LogP contribution in [0.4, 0.5) is 5.69 Å². The third kappa shape index (κ3) is 4.49. The molecule has 0 aliphatic heterocycles. The number of fused-ring (bicyclic) bond motifs is 1. The SMILES string of the molecule is CCc1cccc(CC)c1NC(=O)C(C)Sc1nc2scc(-c3ccccc3)c2c(=O)[nH]1. The zero-order valence-electron chi connectivity index (χ0n) is 18.3. The van der Waals surface area contributed by atoms with Gasteiger partial charge in [0.2, 0.25) is 5.91 Å². The Morgan fingerprint density at radius 3 is 2.44 bits per heavy atom. The molecule has 1 amide bonds. The van der Waals surface area contributed by atoms with Gasteiger partial charge in [0.05, 0.1) is 10.6 Å². The number of nitrogens with zero attached hydrogens (tertiary/aromatic N) is 1. The summed E-state index contributed by atoms with van der Waals surface area (Å²) in [5.74, 6) is -0.107. The quantitative estimate of drug-likeness (QED) is 0.264. The Hall–Kier alpha value is -2.90. The van der Waals surface area contributed by atoms with Crippen molar-refractivity contribution in [2.24, 2.45) is 0 Å². The molecule has 2 aromatic carbocycles. The molecule has 2 N–H and O–H groups in total. The molecular weight excluding hydrogens is 438 g/mol. The molecule has 0 saturated carbocycles. The van der Waals surface area contributed by atoms with Crippen LogP contribution < -0.4 is 10.9 Å². The highest BCUT2D eigenvalue weighted by Gasteiger charge is 2.20. The Labute approximate surface area is 195 Å². The second-order valence-electron chi connectivity index (χ2n) is 7.47. The van der Waals surface area contributed by atoms with Crippen molar-refractivity contribution in [2.75, 3.05) is 5.32 Å². The maximum atomic E-state index is 12.9. The number of carbonyl (C=O) groups is 1. The van der Waals surface area contributed by atoms with Crippen molar-refractivity contribution in [1.29, 1.82) is 0 Å². The van der Waals surface area contributed by atoms with Crippen LogP contribution in [0.25, 0.3) is 21.3 Å². The number of benzene rings is 2. The van der Waals surface area contributed by atoms with Gasteiger partial charge in [0, 0.05) is 16.6 Å². The summed E-state index contributed by atoms with van der Waals surface area (Å²) in [6, 6.07) is 15.9. The topological polar surface area (TPSA) is 74.8 Å². The molecule has 2 aromatic heterocycles. The highest BCUT2D eigenvalue weighted by atomic mass is 32.2.